The fraction of sp³-hybridized carbons (Fsp3) is 0.700. The summed E-state index contributed by atoms with van der Waals surface area (Å²) in [7, 11) is 0. The Morgan fingerprint density at radius 2 is 0.690 bits per heavy atom. The molecule has 0 heterocycles. The first-order chi connectivity index (χ1) is 19.7. The van der Waals surface area contributed by atoms with Crippen molar-refractivity contribution in [2.45, 2.75) is 154 Å². The van der Waals surface area contributed by atoms with Crippen molar-refractivity contribution in [3.05, 3.63) is 69.9 Å². The molecule has 0 radical (unpaired) electrons. The van der Waals surface area contributed by atoms with Crippen LogP contribution >= 0.6 is 0 Å². The Bertz CT molecular complexity index is 703. The average Bonchev–Trinajstić information content (AvgIpc) is 2.94. The maximum atomic E-state index is 8.79. The van der Waals surface area contributed by atoms with E-state index in [1.807, 2.05) is 13.8 Å². The summed E-state index contributed by atoms with van der Waals surface area (Å²) in [6.45, 7) is 28.8. The predicted molar refractivity (Wildman–Crippen MR) is 193 cm³/mol. The standard InChI is InChI=1S/C14H26.2C13H24O/c1-6-13(4)8-7-9-14(5)11-10-12(2)3;2*1-11(2)8-9-12(3)6-5-7-13(4)10-14/h8,11-12H,6-7,9-10H2,1-5H3;2*7,9,11,14H,5-6,8,10H2,1-4H3/b13-8+,14-11?;12-9+,13-7+;12-9-,13-7-. The van der Waals surface area contributed by atoms with Crippen molar-refractivity contribution in [2.75, 3.05) is 13.2 Å². The minimum atomic E-state index is 0.189. The lowest BCUT2D eigenvalue weighted by atomic mass is 10.0. The van der Waals surface area contributed by atoms with Gasteiger partial charge in [0.15, 0.2) is 0 Å². The normalized spacial score (nSPS) is 13.9. The Labute approximate surface area is 264 Å². The van der Waals surface area contributed by atoms with E-state index in [0.717, 1.165) is 54.6 Å². The monoisotopic (exact) mass is 587 g/mol. The molecule has 246 valence electrons. The molecule has 0 aliphatic carbocycles. The van der Waals surface area contributed by atoms with Crippen molar-refractivity contribution < 1.29 is 10.2 Å². The minimum Gasteiger partial charge on any atom is -0.392 e. The number of rotatable bonds is 18. The maximum Gasteiger partial charge on any atom is 0.0639 e. The first-order valence-corrected chi connectivity index (χ1v) is 16.8. The van der Waals surface area contributed by atoms with Crippen LogP contribution in [-0.4, -0.2) is 23.4 Å². The molecule has 0 aliphatic rings. The molecule has 0 bridgehead atoms. The van der Waals surface area contributed by atoms with E-state index in [1.54, 1.807) is 5.57 Å². The van der Waals surface area contributed by atoms with E-state index >= 15 is 0 Å². The summed E-state index contributed by atoms with van der Waals surface area (Å²) >= 11 is 0. The van der Waals surface area contributed by atoms with E-state index in [9.17, 15) is 0 Å². The highest BCUT2D eigenvalue weighted by molar-refractivity contribution is 5.05. The molecular weight excluding hydrogens is 512 g/mol. The Kier molecular flexibility index (Phi) is 32.9. The summed E-state index contributed by atoms with van der Waals surface area (Å²) in [5.74, 6) is 2.29. The first-order valence-electron chi connectivity index (χ1n) is 16.8. The second-order valence-electron chi connectivity index (χ2n) is 13.5. The third-order valence-electron chi connectivity index (χ3n) is 6.96. The molecule has 0 atom stereocenters. The molecule has 0 spiro atoms. The van der Waals surface area contributed by atoms with E-state index in [4.69, 9.17) is 10.2 Å². The summed E-state index contributed by atoms with van der Waals surface area (Å²) in [4.78, 5) is 0. The van der Waals surface area contributed by atoms with Gasteiger partial charge in [0, 0.05) is 0 Å². The molecule has 2 heteroatoms. The lowest BCUT2D eigenvalue weighted by Crippen LogP contribution is -1.86. The Hall–Kier alpha value is -1.64. The van der Waals surface area contributed by atoms with E-state index < -0.39 is 0 Å². The molecule has 0 unspecified atom stereocenters. The van der Waals surface area contributed by atoms with Crippen LogP contribution in [0.4, 0.5) is 0 Å². The molecular formula is C40H74O2. The molecule has 0 aromatic rings. The molecule has 2 N–H and O–H groups in total. The number of hydrogen-bond acceptors (Lipinski definition) is 2. The third-order valence-corrected chi connectivity index (χ3v) is 6.96. The van der Waals surface area contributed by atoms with Gasteiger partial charge in [0.05, 0.1) is 13.2 Å². The largest absolute Gasteiger partial charge is 0.392 e. The van der Waals surface area contributed by atoms with Crippen LogP contribution in [0.3, 0.4) is 0 Å². The molecule has 0 saturated carbocycles. The Morgan fingerprint density at radius 3 is 0.905 bits per heavy atom. The quantitative estimate of drug-likeness (QED) is 0.157. The molecule has 0 saturated heterocycles. The van der Waals surface area contributed by atoms with E-state index in [-0.39, 0.29) is 13.2 Å². The number of allylic oxidation sites excluding steroid dienone is 10. The van der Waals surface area contributed by atoms with Crippen molar-refractivity contribution in [1.29, 1.82) is 0 Å². The van der Waals surface area contributed by atoms with E-state index in [1.165, 1.54) is 55.2 Å². The van der Waals surface area contributed by atoms with Crippen LogP contribution in [0.25, 0.3) is 0 Å². The molecule has 0 aromatic carbocycles. The summed E-state index contributed by atoms with van der Waals surface area (Å²) in [6, 6.07) is 0. The smallest absolute Gasteiger partial charge is 0.0639 e. The topological polar surface area (TPSA) is 40.5 Å². The van der Waals surface area contributed by atoms with Crippen molar-refractivity contribution in [3.8, 4) is 0 Å². The Morgan fingerprint density at radius 1 is 0.429 bits per heavy atom. The molecule has 42 heavy (non-hydrogen) atoms. The maximum absolute atomic E-state index is 8.79. The van der Waals surface area contributed by atoms with Crippen LogP contribution in [0.15, 0.2) is 69.9 Å². The first kappa shape index (κ1) is 44.8. The van der Waals surface area contributed by atoms with Gasteiger partial charge in [-0.05, 0) is 124 Å². The van der Waals surface area contributed by atoms with Gasteiger partial charge in [-0.3, -0.25) is 0 Å². The lowest BCUT2D eigenvalue weighted by Gasteiger charge is -2.02. The van der Waals surface area contributed by atoms with Crippen LogP contribution in [0.1, 0.15) is 154 Å². The molecule has 0 amide bonds. The average molecular weight is 587 g/mol. The second kappa shape index (κ2) is 30.8. The highest BCUT2D eigenvalue weighted by Gasteiger charge is 1.95. The number of aliphatic hydroxyl groups is 2. The third kappa shape index (κ3) is 38.4. The highest BCUT2D eigenvalue weighted by Crippen LogP contribution is 2.13. The number of aliphatic hydroxyl groups excluding tert-OH is 2. The molecule has 2 nitrogen and oxygen atoms in total. The zero-order valence-corrected chi connectivity index (χ0v) is 30.6. The summed E-state index contributed by atoms with van der Waals surface area (Å²) in [6.07, 6.45) is 25.2. The van der Waals surface area contributed by atoms with E-state index in [2.05, 4.69) is 113 Å². The summed E-state index contributed by atoms with van der Waals surface area (Å²) in [5, 5.41) is 17.6. The van der Waals surface area contributed by atoms with Crippen molar-refractivity contribution >= 4 is 0 Å². The van der Waals surface area contributed by atoms with Gasteiger partial charge in [0.1, 0.15) is 0 Å². The van der Waals surface area contributed by atoms with Gasteiger partial charge in [-0.25, -0.2) is 0 Å². The van der Waals surface area contributed by atoms with Gasteiger partial charge in [-0.15, -0.1) is 0 Å². The van der Waals surface area contributed by atoms with Gasteiger partial charge in [0.2, 0.25) is 0 Å². The van der Waals surface area contributed by atoms with Crippen LogP contribution in [-0.2, 0) is 0 Å². The number of hydrogen-bond donors (Lipinski definition) is 2. The van der Waals surface area contributed by atoms with Crippen molar-refractivity contribution in [1.82, 2.24) is 0 Å². The zero-order chi connectivity index (χ0) is 32.9. The van der Waals surface area contributed by atoms with Crippen LogP contribution in [0.2, 0.25) is 0 Å². The van der Waals surface area contributed by atoms with Crippen molar-refractivity contribution in [3.63, 3.8) is 0 Å². The van der Waals surface area contributed by atoms with Crippen LogP contribution in [0, 0.1) is 17.8 Å². The predicted octanol–water partition coefficient (Wildman–Crippen LogP) is 12.5. The van der Waals surface area contributed by atoms with Crippen molar-refractivity contribution in [2.24, 2.45) is 17.8 Å². The minimum absolute atomic E-state index is 0.189. The zero-order valence-electron chi connectivity index (χ0n) is 30.6. The molecule has 0 fully saturated rings. The van der Waals surface area contributed by atoms with Gasteiger partial charge < -0.3 is 10.2 Å². The Balaban J connectivity index is -0.000000543. The van der Waals surface area contributed by atoms with Crippen LogP contribution in [0.5, 0.6) is 0 Å². The second-order valence-corrected chi connectivity index (χ2v) is 13.5. The fourth-order valence-electron chi connectivity index (χ4n) is 3.53. The van der Waals surface area contributed by atoms with Gasteiger partial charge >= 0.3 is 0 Å². The molecule has 0 aliphatic heterocycles. The summed E-state index contributed by atoms with van der Waals surface area (Å²) in [5.41, 5.74) is 8.12. The SMILES string of the molecule is C/C(=C/CC/C(C)=C\CC(C)C)CO.C/C(=C\CC/C(C)=C/CC(C)C)CO.CC/C(C)=C/CCC(C)=CCC(C)C. The molecule has 0 aromatic heterocycles. The summed E-state index contributed by atoms with van der Waals surface area (Å²) < 4.78 is 0. The lowest BCUT2D eigenvalue weighted by molar-refractivity contribution is 0.330. The fourth-order valence-corrected chi connectivity index (χ4v) is 3.53. The van der Waals surface area contributed by atoms with Gasteiger partial charge in [0.25, 0.3) is 0 Å². The van der Waals surface area contributed by atoms with Gasteiger partial charge in [-0.2, -0.15) is 0 Å². The molecule has 0 rings (SSSR count). The van der Waals surface area contributed by atoms with Gasteiger partial charge in [-0.1, -0.05) is 118 Å². The highest BCUT2D eigenvalue weighted by atomic mass is 16.3. The van der Waals surface area contributed by atoms with E-state index in [0.29, 0.717) is 0 Å². The van der Waals surface area contributed by atoms with Crippen LogP contribution < -0.4 is 0 Å².